The van der Waals surface area contributed by atoms with E-state index in [0.29, 0.717) is 24.7 Å². The molecule has 1 aliphatic heterocycles. The molecule has 0 saturated carbocycles. The van der Waals surface area contributed by atoms with E-state index in [4.69, 9.17) is 14.0 Å². The van der Waals surface area contributed by atoms with Gasteiger partial charge in [-0.25, -0.2) is 0 Å². The lowest BCUT2D eigenvalue weighted by Crippen LogP contribution is -2.40. The predicted molar refractivity (Wildman–Crippen MR) is 76.3 cm³/mol. The third kappa shape index (κ3) is 3.22. The van der Waals surface area contributed by atoms with E-state index in [2.05, 4.69) is 15.5 Å². The molecule has 0 amide bonds. The molecule has 21 heavy (non-hydrogen) atoms. The Balaban J connectivity index is 1.69. The highest BCUT2D eigenvalue weighted by Crippen LogP contribution is 2.21. The van der Waals surface area contributed by atoms with Crippen molar-refractivity contribution in [2.45, 2.75) is 25.5 Å². The average molecular weight is 289 g/mol. The molecule has 0 spiro atoms. The van der Waals surface area contributed by atoms with Gasteiger partial charge in [-0.3, -0.25) is 0 Å². The van der Waals surface area contributed by atoms with Crippen LogP contribution >= 0.6 is 0 Å². The summed E-state index contributed by atoms with van der Waals surface area (Å²) in [5.74, 6) is 2.10. The Hall–Kier alpha value is -1.92. The van der Waals surface area contributed by atoms with E-state index in [1.807, 2.05) is 31.2 Å². The highest BCUT2D eigenvalue weighted by molar-refractivity contribution is 5.28. The molecular weight excluding hydrogens is 270 g/mol. The number of aromatic nitrogens is 2. The van der Waals surface area contributed by atoms with Crippen LogP contribution in [-0.2, 0) is 11.2 Å². The van der Waals surface area contributed by atoms with E-state index in [0.717, 1.165) is 17.9 Å². The molecule has 1 fully saturated rings. The second-order valence-corrected chi connectivity index (χ2v) is 5.08. The molecule has 6 heteroatoms. The number of morpholine rings is 1. The molecular formula is C15H19N3O3. The summed E-state index contributed by atoms with van der Waals surface area (Å²) in [4.78, 5) is 4.47. The smallest absolute Gasteiger partial charge is 0.246 e. The van der Waals surface area contributed by atoms with Gasteiger partial charge in [0.2, 0.25) is 5.89 Å². The molecule has 0 aliphatic carbocycles. The number of hydrogen-bond acceptors (Lipinski definition) is 6. The van der Waals surface area contributed by atoms with Crippen LogP contribution in [0.15, 0.2) is 28.8 Å². The van der Waals surface area contributed by atoms with E-state index >= 15 is 0 Å². The van der Waals surface area contributed by atoms with Crippen molar-refractivity contribution >= 4 is 0 Å². The molecule has 1 aliphatic rings. The van der Waals surface area contributed by atoms with Crippen LogP contribution in [0.1, 0.15) is 30.2 Å². The summed E-state index contributed by atoms with van der Waals surface area (Å²) in [5, 5.41) is 7.39. The van der Waals surface area contributed by atoms with Crippen molar-refractivity contribution in [3.05, 3.63) is 41.5 Å². The maximum atomic E-state index is 5.59. The molecule has 1 aromatic heterocycles. The van der Waals surface area contributed by atoms with E-state index in [9.17, 15) is 0 Å². The summed E-state index contributed by atoms with van der Waals surface area (Å²) in [6.07, 6.45) is 0.670. The summed E-state index contributed by atoms with van der Waals surface area (Å²) in [6.45, 7) is 3.51. The quantitative estimate of drug-likeness (QED) is 0.924. The summed E-state index contributed by atoms with van der Waals surface area (Å²) in [7, 11) is 1.65. The van der Waals surface area contributed by atoms with Crippen molar-refractivity contribution in [3.8, 4) is 5.75 Å². The molecule has 1 aromatic carbocycles. The number of hydrogen-bond donors (Lipinski definition) is 1. The number of benzene rings is 1. The van der Waals surface area contributed by atoms with E-state index in [1.54, 1.807) is 7.11 Å². The molecule has 2 atom stereocenters. The van der Waals surface area contributed by atoms with Crippen LogP contribution in [0.2, 0.25) is 0 Å². The summed E-state index contributed by atoms with van der Waals surface area (Å²) >= 11 is 0. The molecule has 2 aromatic rings. The first-order valence-electron chi connectivity index (χ1n) is 7.06. The van der Waals surface area contributed by atoms with Crippen molar-refractivity contribution < 1.29 is 14.0 Å². The second kappa shape index (κ2) is 6.24. The van der Waals surface area contributed by atoms with Gasteiger partial charge in [-0.2, -0.15) is 4.98 Å². The average Bonchev–Trinajstić information content (AvgIpc) is 2.97. The fraction of sp³-hybridized carbons (Fsp3) is 0.467. The summed E-state index contributed by atoms with van der Waals surface area (Å²) in [5.41, 5.74) is 1.11. The van der Waals surface area contributed by atoms with Gasteiger partial charge >= 0.3 is 0 Å². The van der Waals surface area contributed by atoms with Gasteiger partial charge in [-0.1, -0.05) is 17.3 Å². The lowest BCUT2D eigenvalue weighted by atomic mass is 10.1. The van der Waals surface area contributed by atoms with Crippen molar-refractivity contribution in [1.29, 1.82) is 0 Å². The SMILES string of the molecule is COc1ccc(Cc2noc([C@H]3NCCO[C@@H]3C)n2)cc1. The number of nitrogens with one attached hydrogen (secondary N) is 1. The first-order chi connectivity index (χ1) is 10.3. The monoisotopic (exact) mass is 289 g/mol. The highest BCUT2D eigenvalue weighted by atomic mass is 16.5. The predicted octanol–water partition coefficient (Wildman–Crippen LogP) is 1.72. The molecule has 0 bridgehead atoms. The zero-order valence-electron chi connectivity index (χ0n) is 12.2. The molecule has 3 rings (SSSR count). The van der Waals surface area contributed by atoms with E-state index in [1.165, 1.54) is 0 Å². The van der Waals surface area contributed by atoms with Crippen molar-refractivity contribution in [3.63, 3.8) is 0 Å². The van der Waals surface area contributed by atoms with Gasteiger partial charge in [0.05, 0.1) is 19.8 Å². The van der Waals surface area contributed by atoms with Crippen molar-refractivity contribution in [2.24, 2.45) is 0 Å². The Morgan fingerprint density at radius 1 is 1.33 bits per heavy atom. The Bertz CT molecular complexity index is 582. The van der Waals surface area contributed by atoms with Gasteiger partial charge in [0, 0.05) is 13.0 Å². The van der Waals surface area contributed by atoms with Gasteiger partial charge in [-0.15, -0.1) is 0 Å². The summed E-state index contributed by atoms with van der Waals surface area (Å²) < 4.78 is 16.1. The minimum absolute atomic E-state index is 0.0316. The third-order valence-electron chi connectivity index (χ3n) is 3.59. The largest absolute Gasteiger partial charge is 0.497 e. The fourth-order valence-electron chi connectivity index (χ4n) is 2.40. The molecule has 1 saturated heterocycles. The molecule has 0 radical (unpaired) electrons. The van der Waals surface area contributed by atoms with E-state index in [-0.39, 0.29) is 12.1 Å². The standard InChI is InChI=1S/C15H19N3O3/c1-10-14(16-7-8-20-10)15-17-13(18-21-15)9-11-3-5-12(19-2)6-4-11/h3-6,10,14,16H,7-9H2,1-2H3/t10-,14+/m1/s1. The van der Waals surface area contributed by atoms with Crippen molar-refractivity contribution in [2.75, 3.05) is 20.3 Å². The van der Waals surface area contributed by atoms with Crippen LogP contribution in [0.3, 0.4) is 0 Å². The Morgan fingerprint density at radius 2 is 2.14 bits per heavy atom. The van der Waals surface area contributed by atoms with Crippen LogP contribution in [0.5, 0.6) is 5.75 Å². The number of ether oxygens (including phenoxy) is 2. The maximum Gasteiger partial charge on any atom is 0.246 e. The Kier molecular flexibility index (Phi) is 4.17. The molecule has 1 N–H and O–H groups in total. The van der Waals surface area contributed by atoms with Crippen LogP contribution in [-0.4, -0.2) is 36.5 Å². The lowest BCUT2D eigenvalue weighted by molar-refractivity contribution is -0.00136. The minimum atomic E-state index is -0.0316. The first-order valence-corrected chi connectivity index (χ1v) is 7.06. The van der Waals surface area contributed by atoms with Gasteiger partial charge in [0.25, 0.3) is 0 Å². The molecule has 2 heterocycles. The highest BCUT2D eigenvalue weighted by Gasteiger charge is 2.28. The zero-order chi connectivity index (χ0) is 14.7. The van der Waals surface area contributed by atoms with Gasteiger partial charge < -0.3 is 19.3 Å². The molecule has 0 unspecified atom stereocenters. The number of rotatable bonds is 4. The molecule has 6 nitrogen and oxygen atoms in total. The van der Waals surface area contributed by atoms with Gasteiger partial charge in [-0.05, 0) is 24.6 Å². The van der Waals surface area contributed by atoms with E-state index < -0.39 is 0 Å². The summed E-state index contributed by atoms with van der Waals surface area (Å²) in [6, 6.07) is 7.82. The molecule has 112 valence electrons. The third-order valence-corrected chi connectivity index (χ3v) is 3.59. The Labute approximate surface area is 123 Å². The van der Waals surface area contributed by atoms with Crippen LogP contribution in [0.4, 0.5) is 0 Å². The first kappa shape index (κ1) is 14.0. The zero-order valence-corrected chi connectivity index (χ0v) is 12.2. The van der Waals surface area contributed by atoms with Crippen LogP contribution < -0.4 is 10.1 Å². The number of methoxy groups -OCH3 is 1. The van der Waals surface area contributed by atoms with Crippen LogP contribution in [0, 0.1) is 0 Å². The number of nitrogens with zero attached hydrogens (tertiary/aromatic N) is 2. The van der Waals surface area contributed by atoms with Gasteiger partial charge in [0.1, 0.15) is 11.8 Å². The maximum absolute atomic E-state index is 5.59. The second-order valence-electron chi connectivity index (χ2n) is 5.08. The topological polar surface area (TPSA) is 69.4 Å². The van der Waals surface area contributed by atoms with Crippen molar-refractivity contribution in [1.82, 2.24) is 15.5 Å². The normalized spacial score (nSPS) is 22.2. The van der Waals surface area contributed by atoms with Gasteiger partial charge in [0.15, 0.2) is 5.82 Å². The fourth-order valence-corrected chi connectivity index (χ4v) is 2.40. The van der Waals surface area contributed by atoms with Crippen LogP contribution in [0.25, 0.3) is 0 Å². The lowest BCUT2D eigenvalue weighted by Gasteiger charge is -2.27. The minimum Gasteiger partial charge on any atom is -0.497 e. The Morgan fingerprint density at radius 3 is 2.86 bits per heavy atom.